The number of nitrogens with one attached hydrogen (secondary N) is 1. The van der Waals surface area contributed by atoms with Crippen LogP contribution in [0, 0.1) is 17.6 Å². The van der Waals surface area contributed by atoms with Gasteiger partial charge in [0.2, 0.25) is 0 Å². The van der Waals surface area contributed by atoms with Crippen LogP contribution in [0.1, 0.15) is 99.6 Å². The fourth-order valence-electron chi connectivity index (χ4n) is 9.81. The lowest BCUT2D eigenvalue weighted by molar-refractivity contribution is -0.117. The van der Waals surface area contributed by atoms with Gasteiger partial charge in [-0.1, -0.05) is 36.4 Å². The quantitative estimate of drug-likeness (QED) is 0.162. The van der Waals surface area contributed by atoms with Crippen molar-refractivity contribution in [1.29, 1.82) is 0 Å². The van der Waals surface area contributed by atoms with E-state index < -0.39 is 23.0 Å². The summed E-state index contributed by atoms with van der Waals surface area (Å²) in [6, 6.07) is 15.2. The van der Waals surface area contributed by atoms with E-state index in [-0.39, 0.29) is 16.7 Å². The van der Waals surface area contributed by atoms with Gasteiger partial charge >= 0.3 is 0 Å². The van der Waals surface area contributed by atoms with E-state index >= 15 is 8.78 Å². The van der Waals surface area contributed by atoms with Gasteiger partial charge in [-0.2, -0.15) is 4.98 Å². The predicted molar refractivity (Wildman–Crippen MR) is 218 cm³/mol. The average molecular weight is 784 g/mol. The number of aromatic nitrogens is 2. The molecule has 0 bridgehead atoms. The summed E-state index contributed by atoms with van der Waals surface area (Å²) in [5.74, 6) is -0.519. The lowest BCUT2D eigenvalue weighted by Crippen LogP contribution is -2.50. The highest BCUT2D eigenvalue weighted by Gasteiger charge is 2.41. The number of rotatable bonds is 10. The summed E-state index contributed by atoms with van der Waals surface area (Å²) < 4.78 is 39.4. The third-order valence-corrected chi connectivity index (χ3v) is 13.6. The fourth-order valence-corrected chi connectivity index (χ4v) is 10.1. The lowest BCUT2D eigenvalue weighted by Gasteiger charge is -2.47. The summed E-state index contributed by atoms with van der Waals surface area (Å²) in [4.78, 5) is 34.0. The maximum absolute atomic E-state index is 15.3. The van der Waals surface area contributed by atoms with Gasteiger partial charge in [-0.3, -0.25) is 9.36 Å². The van der Waals surface area contributed by atoms with E-state index in [4.69, 9.17) is 16.3 Å². The average Bonchev–Trinajstić information content (AvgIpc) is 3.42. The first-order valence-corrected chi connectivity index (χ1v) is 20.6. The van der Waals surface area contributed by atoms with E-state index in [2.05, 4.69) is 58.4 Å². The number of piperidine rings is 2. The molecule has 2 unspecified atom stereocenters. The number of halogens is 3. The summed E-state index contributed by atoms with van der Waals surface area (Å²) >= 11 is 6.50. The summed E-state index contributed by atoms with van der Waals surface area (Å²) in [6.07, 6.45) is 7.29. The SMILES string of the molecule is C=C(CCC(C=O)c1c(F)cc(N2CCC3(CCC(CN4CCC(c5ccc6c(c5)-n5c(nc(=O)c7c(Cl)cccc75)C6(C)C)CC4)CO3)CC2)cc1F)NC. The maximum Gasteiger partial charge on any atom is 0.282 e. The van der Waals surface area contributed by atoms with E-state index in [0.29, 0.717) is 60.1 Å². The van der Waals surface area contributed by atoms with Crippen LogP contribution in [-0.2, 0) is 14.9 Å². The summed E-state index contributed by atoms with van der Waals surface area (Å²) in [6.45, 7) is 13.3. The first-order chi connectivity index (χ1) is 26.9. The van der Waals surface area contributed by atoms with Crippen molar-refractivity contribution in [3.63, 3.8) is 0 Å². The Morgan fingerprint density at radius 1 is 1.05 bits per heavy atom. The molecule has 4 aromatic rings. The number of likely N-dealkylation sites (tertiary alicyclic amines) is 1. The van der Waals surface area contributed by atoms with Crippen LogP contribution in [0.3, 0.4) is 0 Å². The van der Waals surface area contributed by atoms with E-state index in [1.54, 1.807) is 13.1 Å². The van der Waals surface area contributed by atoms with Gasteiger partial charge in [0.15, 0.2) is 0 Å². The molecule has 3 fully saturated rings. The number of carbonyl (C=O) groups excluding carboxylic acids is 1. The van der Waals surface area contributed by atoms with Crippen molar-refractivity contribution in [2.45, 2.75) is 88.1 Å². The van der Waals surface area contributed by atoms with Crippen LogP contribution in [0.25, 0.3) is 16.6 Å². The minimum absolute atomic E-state index is 0.164. The number of ether oxygens (including phenoxy) is 1. The molecule has 3 saturated heterocycles. The summed E-state index contributed by atoms with van der Waals surface area (Å²) in [5, 5.41) is 3.81. The zero-order valence-electron chi connectivity index (χ0n) is 32.7. The molecule has 8 rings (SSSR count). The number of hydrogen-bond donors (Lipinski definition) is 1. The number of anilines is 1. The van der Waals surface area contributed by atoms with Gasteiger partial charge in [-0.15, -0.1) is 0 Å². The first-order valence-electron chi connectivity index (χ1n) is 20.2. The smallest absolute Gasteiger partial charge is 0.282 e. The minimum Gasteiger partial charge on any atom is -0.392 e. The zero-order chi connectivity index (χ0) is 39.4. The number of hydrogen-bond acceptors (Lipinski definition) is 7. The Bertz CT molecular complexity index is 2190. The Balaban J connectivity index is 0.846. The van der Waals surface area contributed by atoms with Crippen LogP contribution >= 0.6 is 11.6 Å². The Labute approximate surface area is 332 Å². The highest BCUT2D eigenvalue weighted by molar-refractivity contribution is 6.35. The van der Waals surface area contributed by atoms with Crippen molar-refractivity contribution in [3.8, 4) is 5.69 Å². The Kier molecular flexibility index (Phi) is 10.6. The van der Waals surface area contributed by atoms with Crippen LogP contribution in [-0.4, -0.2) is 72.7 Å². The molecule has 11 heteroatoms. The van der Waals surface area contributed by atoms with Gasteiger partial charge < -0.3 is 24.6 Å². The van der Waals surface area contributed by atoms with Crippen molar-refractivity contribution in [3.05, 3.63) is 110 Å². The number of carbonyl (C=O) groups is 1. The molecule has 296 valence electrons. The third-order valence-electron chi connectivity index (χ3n) is 13.3. The molecule has 8 nitrogen and oxygen atoms in total. The highest BCUT2D eigenvalue weighted by Crippen LogP contribution is 2.45. The molecular weight excluding hydrogens is 732 g/mol. The predicted octanol–water partition coefficient (Wildman–Crippen LogP) is 8.40. The van der Waals surface area contributed by atoms with Gasteiger partial charge in [0, 0.05) is 49.5 Å². The first kappa shape index (κ1) is 38.7. The van der Waals surface area contributed by atoms with E-state index in [1.165, 1.54) is 23.3 Å². The molecule has 0 saturated carbocycles. The normalized spacial score (nSPS) is 21.2. The van der Waals surface area contributed by atoms with Crippen molar-refractivity contribution < 1.29 is 18.3 Å². The van der Waals surface area contributed by atoms with Gasteiger partial charge in [-0.25, -0.2) is 8.78 Å². The van der Waals surface area contributed by atoms with E-state index in [1.807, 2.05) is 17.0 Å². The van der Waals surface area contributed by atoms with Crippen LogP contribution in [0.4, 0.5) is 14.5 Å². The molecule has 56 heavy (non-hydrogen) atoms. The second-order valence-corrected chi connectivity index (χ2v) is 17.4. The molecule has 0 amide bonds. The molecule has 4 aliphatic rings. The van der Waals surface area contributed by atoms with Crippen LogP contribution < -0.4 is 15.8 Å². The van der Waals surface area contributed by atoms with Crippen molar-refractivity contribution in [2.75, 3.05) is 51.3 Å². The number of nitrogens with zero attached hydrogens (tertiary/aromatic N) is 4. The molecule has 0 radical (unpaired) electrons. The molecule has 1 N–H and O–H groups in total. The largest absolute Gasteiger partial charge is 0.392 e. The monoisotopic (exact) mass is 783 g/mol. The maximum atomic E-state index is 15.3. The molecular formula is C45H52ClF2N5O3. The number of allylic oxidation sites excluding steroid dienone is 1. The lowest BCUT2D eigenvalue weighted by atomic mass is 9.81. The van der Waals surface area contributed by atoms with Crippen molar-refractivity contribution >= 4 is 34.5 Å². The fraction of sp³-hybridized carbons (Fsp3) is 0.489. The summed E-state index contributed by atoms with van der Waals surface area (Å²) in [5.41, 5.74) is 4.59. The Morgan fingerprint density at radius 3 is 2.45 bits per heavy atom. The number of benzene rings is 3. The van der Waals surface area contributed by atoms with Crippen molar-refractivity contribution in [2.24, 2.45) is 5.92 Å². The van der Waals surface area contributed by atoms with Crippen LogP contribution in [0.15, 0.2) is 65.6 Å². The molecule has 1 spiro atoms. The minimum atomic E-state index is -0.861. The third kappa shape index (κ3) is 7.06. The standard InChI is InChI=1S/C45H52ClF2N5O3/c1-28(49-4)8-9-32(26-54)40-36(47)23-33(24-37(40)48)52-20-16-45(17-21-52)15-12-29(27-56-45)25-51-18-13-30(14-19-51)31-10-11-34-39(22-31)53-38-7-5-6-35(46)41(38)42(55)50-43(53)44(34,2)3/h5-7,10-11,22-24,26,29-30,32,49H,1,8-9,12-21,25,27H2,2-4H3. The van der Waals surface area contributed by atoms with Gasteiger partial charge in [0.25, 0.3) is 5.56 Å². The number of aldehydes is 1. The van der Waals surface area contributed by atoms with E-state index in [9.17, 15) is 9.59 Å². The Morgan fingerprint density at radius 2 is 1.79 bits per heavy atom. The second kappa shape index (κ2) is 15.3. The van der Waals surface area contributed by atoms with Gasteiger partial charge in [-0.05, 0) is 132 Å². The van der Waals surface area contributed by atoms with Gasteiger partial charge in [0.1, 0.15) is 23.7 Å². The molecule has 0 aliphatic carbocycles. The molecule has 4 aliphatic heterocycles. The van der Waals surface area contributed by atoms with Crippen molar-refractivity contribution in [1.82, 2.24) is 19.8 Å². The van der Waals surface area contributed by atoms with Crippen LogP contribution in [0.2, 0.25) is 5.02 Å². The van der Waals surface area contributed by atoms with Crippen LogP contribution in [0.5, 0.6) is 0 Å². The number of fused-ring (bicyclic) bond motifs is 5. The Hall–Kier alpha value is -4.12. The highest BCUT2D eigenvalue weighted by atomic mass is 35.5. The molecule has 3 aromatic carbocycles. The van der Waals surface area contributed by atoms with Gasteiger partial charge in [0.05, 0.1) is 39.2 Å². The second-order valence-electron chi connectivity index (χ2n) is 17.0. The topological polar surface area (TPSA) is 79.7 Å². The molecule has 2 atom stereocenters. The zero-order valence-corrected chi connectivity index (χ0v) is 33.4. The summed E-state index contributed by atoms with van der Waals surface area (Å²) in [7, 11) is 1.74. The molecule has 5 heterocycles. The molecule has 1 aromatic heterocycles. The van der Waals surface area contributed by atoms with E-state index in [0.717, 1.165) is 87.5 Å².